The van der Waals surface area contributed by atoms with Crippen molar-refractivity contribution in [1.29, 1.82) is 0 Å². The topological polar surface area (TPSA) is 42.1 Å². The van der Waals surface area contributed by atoms with Gasteiger partial charge in [0.15, 0.2) is 0 Å². The molecule has 1 aromatic heterocycles. The second-order valence-corrected chi connectivity index (χ2v) is 6.36. The zero-order valence-electron chi connectivity index (χ0n) is 13.1. The van der Waals surface area contributed by atoms with Gasteiger partial charge in [-0.2, -0.15) is 0 Å². The molecule has 2 rings (SSSR count). The second-order valence-electron chi connectivity index (χ2n) is 5.44. The number of nitrogen functional groups attached to an aromatic ring is 1. The molecule has 0 spiro atoms. The van der Waals surface area contributed by atoms with Gasteiger partial charge in [-0.15, -0.1) is 0 Å². The highest BCUT2D eigenvalue weighted by atomic mass is 79.9. The van der Waals surface area contributed by atoms with Crippen molar-refractivity contribution in [1.82, 2.24) is 4.98 Å². The molecule has 21 heavy (non-hydrogen) atoms. The van der Waals surface area contributed by atoms with Gasteiger partial charge < -0.3 is 10.6 Å². The van der Waals surface area contributed by atoms with Crippen LogP contribution >= 0.6 is 15.9 Å². The minimum atomic E-state index is 0.694. The molecule has 0 radical (unpaired) electrons. The quantitative estimate of drug-likeness (QED) is 0.810. The summed E-state index contributed by atoms with van der Waals surface area (Å²) in [4.78, 5) is 6.84. The fraction of sp³-hybridized carbons (Fsp3) is 0.471. The molecule has 3 nitrogen and oxygen atoms in total. The molecule has 0 fully saturated rings. The molecule has 0 unspecified atom stereocenters. The van der Waals surface area contributed by atoms with Crippen LogP contribution < -0.4 is 10.6 Å². The van der Waals surface area contributed by atoms with E-state index >= 15 is 0 Å². The van der Waals surface area contributed by atoms with Gasteiger partial charge in [0.2, 0.25) is 0 Å². The molecule has 0 amide bonds. The van der Waals surface area contributed by atoms with Crippen molar-refractivity contribution in [2.75, 3.05) is 23.7 Å². The SMILES string of the molecule is CCC(CC)CN(CC)c1c(N)cnc2ccc(Br)cc12. The van der Waals surface area contributed by atoms with Gasteiger partial charge in [0, 0.05) is 22.9 Å². The maximum atomic E-state index is 6.25. The number of pyridine rings is 1. The molecule has 0 aliphatic heterocycles. The van der Waals surface area contributed by atoms with Crippen LogP contribution in [0, 0.1) is 5.92 Å². The summed E-state index contributed by atoms with van der Waals surface area (Å²) in [6, 6.07) is 6.17. The predicted octanol–water partition coefficient (Wildman–Crippen LogP) is 4.84. The first-order valence-corrected chi connectivity index (χ1v) is 8.48. The van der Waals surface area contributed by atoms with Gasteiger partial charge in [0.25, 0.3) is 0 Å². The van der Waals surface area contributed by atoms with Gasteiger partial charge in [-0.1, -0.05) is 42.6 Å². The molecule has 0 bridgehead atoms. The third-order valence-corrected chi connectivity index (χ3v) is 4.65. The maximum Gasteiger partial charge on any atom is 0.0745 e. The zero-order valence-corrected chi connectivity index (χ0v) is 14.7. The number of nitrogens with two attached hydrogens (primary N) is 1. The standard InChI is InChI=1S/C17H24BrN3/c1-4-12(5-2)11-21(6-3)17-14-9-13(18)7-8-16(14)20-10-15(17)19/h7-10,12H,4-6,11,19H2,1-3H3. The highest BCUT2D eigenvalue weighted by Crippen LogP contribution is 2.34. The van der Waals surface area contributed by atoms with Crippen molar-refractivity contribution in [3.8, 4) is 0 Å². The fourth-order valence-corrected chi connectivity index (χ4v) is 3.12. The van der Waals surface area contributed by atoms with Gasteiger partial charge in [0.05, 0.1) is 23.1 Å². The molecule has 114 valence electrons. The van der Waals surface area contributed by atoms with Crippen LogP contribution in [0.1, 0.15) is 33.6 Å². The molecule has 0 saturated carbocycles. The zero-order chi connectivity index (χ0) is 15.4. The molecule has 1 heterocycles. The van der Waals surface area contributed by atoms with Gasteiger partial charge in [0.1, 0.15) is 0 Å². The van der Waals surface area contributed by atoms with Crippen LogP contribution in [0.15, 0.2) is 28.9 Å². The Morgan fingerprint density at radius 2 is 1.95 bits per heavy atom. The summed E-state index contributed by atoms with van der Waals surface area (Å²) in [5.74, 6) is 0.694. The average Bonchev–Trinajstić information content (AvgIpc) is 2.49. The largest absolute Gasteiger partial charge is 0.396 e. The predicted molar refractivity (Wildman–Crippen MR) is 95.8 cm³/mol. The van der Waals surface area contributed by atoms with E-state index in [1.54, 1.807) is 6.20 Å². The first kappa shape index (κ1) is 16.1. The van der Waals surface area contributed by atoms with Crippen LogP contribution in [0.2, 0.25) is 0 Å². The Labute approximate surface area is 135 Å². The van der Waals surface area contributed by atoms with Crippen LogP contribution in [0.3, 0.4) is 0 Å². The lowest BCUT2D eigenvalue weighted by Crippen LogP contribution is -2.30. The molecule has 0 aliphatic rings. The summed E-state index contributed by atoms with van der Waals surface area (Å²) in [6.45, 7) is 8.69. The number of hydrogen-bond acceptors (Lipinski definition) is 3. The Balaban J connectivity index is 2.51. The summed E-state index contributed by atoms with van der Waals surface area (Å²) in [5.41, 5.74) is 9.12. The molecular formula is C17H24BrN3. The lowest BCUT2D eigenvalue weighted by atomic mass is 10.0. The van der Waals surface area contributed by atoms with E-state index in [0.717, 1.165) is 39.8 Å². The van der Waals surface area contributed by atoms with E-state index < -0.39 is 0 Å². The summed E-state index contributed by atoms with van der Waals surface area (Å²) in [6.07, 6.45) is 4.17. The third kappa shape index (κ3) is 3.49. The molecule has 4 heteroatoms. The molecule has 1 aromatic carbocycles. The highest BCUT2D eigenvalue weighted by Gasteiger charge is 2.16. The Hall–Kier alpha value is -1.29. The Kier molecular flexibility index (Phi) is 5.45. The van der Waals surface area contributed by atoms with Crippen molar-refractivity contribution in [2.24, 2.45) is 5.92 Å². The average molecular weight is 350 g/mol. The summed E-state index contributed by atoms with van der Waals surface area (Å²) in [5, 5.41) is 1.12. The molecule has 2 N–H and O–H groups in total. The van der Waals surface area contributed by atoms with Crippen molar-refractivity contribution in [3.63, 3.8) is 0 Å². The van der Waals surface area contributed by atoms with Crippen LogP contribution in [0.25, 0.3) is 10.9 Å². The van der Waals surface area contributed by atoms with E-state index in [1.807, 2.05) is 12.1 Å². The lowest BCUT2D eigenvalue weighted by molar-refractivity contribution is 0.487. The van der Waals surface area contributed by atoms with Gasteiger partial charge in [-0.3, -0.25) is 4.98 Å². The molecule has 0 atom stereocenters. The van der Waals surface area contributed by atoms with Crippen LogP contribution in [0.4, 0.5) is 11.4 Å². The van der Waals surface area contributed by atoms with Gasteiger partial charge in [-0.05, 0) is 31.0 Å². The number of benzene rings is 1. The van der Waals surface area contributed by atoms with Crippen molar-refractivity contribution < 1.29 is 0 Å². The lowest BCUT2D eigenvalue weighted by Gasteiger charge is -2.29. The second kappa shape index (κ2) is 7.12. The first-order valence-electron chi connectivity index (χ1n) is 7.69. The highest BCUT2D eigenvalue weighted by molar-refractivity contribution is 9.10. The number of fused-ring (bicyclic) bond motifs is 1. The number of hydrogen-bond donors (Lipinski definition) is 1. The van der Waals surface area contributed by atoms with Crippen molar-refractivity contribution in [2.45, 2.75) is 33.6 Å². The van der Waals surface area contributed by atoms with E-state index in [1.165, 1.54) is 12.8 Å². The van der Waals surface area contributed by atoms with E-state index in [0.29, 0.717) is 5.92 Å². The Bertz CT molecular complexity index is 603. The van der Waals surface area contributed by atoms with E-state index in [4.69, 9.17) is 5.73 Å². The summed E-state index contributed by atoms with van der Waals surface area (Å²) < 4.78 is 1.06. The first-order chi connectivity index (χ1) is 10.1. The minimum absolute atomic E-state index is 0.694. The third-order valence-electron chi connectivity index (χ3n) is 4.16. The number of anilines is 2. The molecule has 0 aliphatic carbocycles. The van der Waals surface area contributed by atoms with Crippen LogP contribution in [0.5, 0.6) is 0 Å². The number of aromatic nitrogens is 1. The molecular weight excluding hydrogens is 326 g/mol. The monoisotopic (exact) mass is 349 g/mol. The molecule has 0 saturated heterocycles. The Morgan fingerprint density at radius 3 is 2.57 bits per heavy atom. The van der Waals surface area contributed by atoms with E-state index in [-0.39, 0.29) is 0 Å². The summed E-state index contributed by atoms with van der Waals surface area (Å²) in [7, 11) is 0. The maximum absolute atomic E-state index is 6.25. The van der Waals surface area contributed by atoms with Crippen molar-refractivity contribution in [3.05, 3.63) is 28.9 Å². The number of halogens is 1. The van der Waals surface area contributed by atoms with Crippen LogP contribution in [-0.4, -0.2) is 18.1 Å². The van der Waals surface area contributed by atoms with E-state index in [2.05, 4.69) is 52.7 Å². The molecule has 2 aromatic rings. The summed E-state index contributed by atoms with van der Waals surface area (Å²) >= 11 is 3.55. The Morgan fingerprint density at radius 1 is 1.24 bits per heavy atom. The van der Waals surface area contributed by atoms with Crippen LogP contribution in [-0.2, 0) is 0 Å². The fourth-order valence-electron chi connectivity index (χ4n) is 2.76. The minimum Gasteiger partial charge on any atom is -0.396 e. The number of rotatable bonds is 6. The normalized spacial score (nSPS) is 11.3. The number of nitrogens with zero attached hydrogens (tertiary/aromatic N) is 2. The van der Waals surface area contributed by atoms with Crippen molar-refractivity contribution >= 4 is 38.2 Å². The van der Waals surface area contributed by atoms with E-state index in [9.17, 15) is 0 Å². The van der Waals surface area contributed by atoms with Gasteiger partial charge >= 0.3 is 0 Å². The van der Waals surface area contributed by atoms with Gasteiger partial charge in [-0.25, -0.2) is 0 Å². The smallest absolute Gasteiger partial charge is 0.0745 e.